The Morgan fingerprint density at radius 2 is 1.95 bits per heavy atom. The monoisotopic (exact) mass is 286 g/mol. The number of nitrogens with zero attached hydrogens (tertiary/aromatic N) is 1. The molecule has 0 aromatic heterocycles. The largest absolute Gasteiger partial charge is 0.496 e. The fourth-order valence-corrected chi connectivity index (χ4v) is 2.20. The summed E-state index contributed by atoms with van der Waals surface area (Å²) in [7, 11) is 1.49. The summed E-state index contributed by atoms with van der Waals surface area (Å²) in [6.45, 7) is 2.00. The highest BCUT2D eigenvalue weighted by molar-refractivity contribution is 5.64. The summed E-state index contributed by atoms with van der Waals surface area (Å²) in [5.74, 6) is 0.475. The van der Waals surface area contributed by atoms with Crippen LogP contribution in [-0.4, -0.2) is 18.1 Å². The van der Waals surface area contributed by atoms with Crippen LogP contribution < -0.4 is 10.1 Å². The van der Waals surface area contributed by atoms with Gasteiger partial charge in [-0.05, 0) is 31.0 Å². The molecule has 2 rings (SSSR count). The first kappa shape index (κ1) is 14.8. The number of nitrogens with one attached hydrogen (secondary N) is 1. The summed E-state index contributed by atoms with van der Waals surface area (Å²) >= 11 is 0. The van der Waals surface area contributed by atoms with Gasteiger partial charge in [-0.3, -0.25) is 10.1 Å². The lowest BCUT2D eigenvalue weighted by Crippen LogP contribution is -2.18. The molecule has 2 aromatic rings. The van der Waals surface area contributed by atoms with Crippen molar-refractivity contribution in [1.82, 2.24) is 0 Å². The molecule has 5 nitrogen and oxygen atoms in total. The minimum absolute atomic E-state index is 0.0225. The lowest BCUT2D eigenvalue weighted by atomic mass is 10.1. The highest BCUT2D eigenvalue weighted by atomic mass is 16.6. The van der Waals surface area contributed by atoms with E-state index in [9.17, 15) is 10.1 Å². The van der Waals surface area contributed by atoms with Crippen molar-refractivity contribution in [1.29, 1.82) is 0 Å². The molecule has 1 N–H and O–H groups in total. The number of hydrogen-bond acceptors (Lipinski definition) is 4. The topological polar surface area (TPSA) is 64.4 Å². The molecule has 0 spiro atoms. The summed E-state index contributed by atoms with van der Waals surface area (Å²) in [5.41, 5.74) is 1.71. The van der Waals surface area contributed by atoms with E-state index in [0.717, 1.165) is 6.42 Å². The molecule has 0 heterocycles. The molecule has 0 bridgehead atoms. The molecule has 0 saturated carbocycles. The fourth-order valence-electron chi connectivity index (χ4n) is 2.20. The Labute approximate surface area is 123 Å². The van der Waals surface area contributed by atoms with Gasteiger partial charge in [0.15, 0.2) is 0 Å². The van der Waals surface area contributed by atoms with Gasteiger partial charge in [-0.15, -0.1) is 0 Å². The first-order chi connectivity index (χ1) is 10.1. The quantitative estimate of drug-likeness (QED) is 0.650. The first-order valence-electron chi connectivity index (χ1n) is 6.73. The molecule has 0 amide bonds. The summed E-state index contributed by atoms with van der Waals surface area (Å²) in [6.07, 6.45) is 0.796. The zero-order valence-electron chi connectivity index (χ0n) is 12.1. The van der Waals surface area contributed by atoms with Crippen LogP contribution in [0.15, 0.2) is 48.5 Å². The summed E-state index contributed by atoms with van der Waals surface area (Å²) in [4.78, 5) is 10.7. The predicted octanol–water partition coefficient (Wildman–Crippen LogP) is 3.65. The number of hydrogen-bond donors (Lipinski definition) is 1. The molecule has 0 aliphatic rings. The van der Waals surface area contributed by atoms with Gasteiger partial charge in [0.2, 0.25) is 0 Å². The van der Waals surface area contributed by atoms with Crippen LogP contribution in [-0.2, 0) is 6.42 Å². The summed E-state index contributed by atoms with van der Waals surface area (Å²) in [5, 5.41) is 14.3. The Kier molecular flexibility index (Phi) is 4.77. The maximum atomic E-state index is 11.1. The Balaban J connectivity index is 2.13. The number of rotatable bonds is 6. The highest BCUT2D eigenvalue weighted by Gasteiger charge is 2.16. The normalized spacial score (nSPS) is 11.7. The van der Waals surface area contributed by atoms with Gasteiger partial charge in [0.25, 0.3) is 5.69 Å². The SMILES string of the molecule is COc1ccc(NC(C)Cc2ccccc2)c([N+](=O)[O-])c1. The third-order valence-electron chi connectivity index (χ3n) is 3.19. The Bertz CT molecular complexity index is 614. The second kappa shape index (κ2) is 6.74. The molecular formula is C16H18N2O3. The molecule has 5 heteroatoms. The van der Waals surface area contributed by atoms with Gasteiger partial charge in [0.05, 0.1) is 18.1 Å². The van der Waals surface area contributed by atoms with Crippen LogP contribution in [0.4, 0.5) is 11.4 Å². The number of nitro benzene ring substituents is 1. The smallest absolute Gasteiger partial charge is 0.296 e. The summed E-state index contributed by atoms with van der Waals surface area (Å²) < 4.78 is 5.03. The average molecular weight is 286 g/mol. The van der Waals surface area contributed by atoms with E-state index in [-0.39, 0.29) is 11.7 Å². The van der Waals surface area contributed by atoms with Crippen LogP contribution in [0.2, 0.25) is 0 Å². The molecule has 0 saturated heterocycles. The molecule has 1 unspecified atom stereocenters. The molecule has 0 aliphatic heterocycles. The average Bonchev–Trinajstić information content (AvgIpc) is 2.48. The Morgan fingerprint density at radius 3 is 2.57 bits per heavy atom. The van der Waals surface area contributed by atoms with E-state index in [4.69, 9.17) is 4.74 Å². The van der Waals surface area contributed by atoms with Gasteiger partial charge in [0.1, 0.15) is 11.4 Å². The zero-order chi connectivity index (χ0) is 15.2. The van der Waals surface area contributed by atoms with E-state index in [2.05, 4.69) is 5.32 Å². The lowest BCUT2D eigenvalue weighted by Gasteiger charge is -2.15. The predicted molar refractivity (Wildman–Crippen MR) is 82.9 cm³/mol. The number of ether oxygens (including phenoxy) is 1. The molecule has 110 valence electrons. The molecule has 0 radical (unpaired) electrons. The van der Waals surface area contributed by atoms with Crippen LogP contribution >= 0.6 is 0 Å². The van der Waals surface area contributed by atoms with Crippen molar-refractivity contribution in [2.75, 3.05) is 12.4 Å². The van der Waals surface area contributed by atoms with Crippen LogP contribution in [0, 0.1) is 10.1 Å². The summed E-state index contributed by atoms with van der Waals surface area (Å²) in [6, 6.07) is 14.9. The fraction of sp³-hybridized carbons (Fsp3) is 0.250. The van der Waals surface area contributed by atoms with Crippen molar-refractivity contribution in [3.05, 3.63) is 64.2 Å². The van der Waals surface area contributed by atoms with Crippen molar-refractivity contribution >= 4 is 11.4 Å². The molecule has 1 atom stereocenters. The van der Waals surface area contributed by atoms with Crippen LogP contribution in [0.1, 0.15) is 12.5 Å². The van der Waals surface area contributed by atoms with Gasteiger partial charge in [-0.1, -0.05) is 30.3 Å². The Morgan fingerprint density at radius 1 is 1.24 bits per heavy atom. The van der Waals surface area contributed by atoms with E-state index in [1.807, 2.05) is 37.3 Å². The van der Waals surface area contributed by atoms with Crippen molar-refractivity contribution in [3.63, 3.8) is 0 Å². The Hall–Kier alpha value is -2.56. The van der Waals surface area contributed by atoms with E-state index in [1.54, 1.807) is 12.1 Å². The van der Waals surface area contributed by atoms with E-state index < -0.39 is 4.92 Å². The van der Waals surface area contributed by atoms with Gasteiger partial charge < -0.3 is 10.1 Å². The van der Waals surface area contributed by atoms with Gasteiger partial charge in [-0.2, -0.15) is 0 Å². The molecular weight excluding hydrogens is 268 g/mol. The van der Waals surface area contributed by atoms with Crippen molar-refractivity contribution in [2.24, 2.45) is 0 Å². The number of nitro groups is 1. The number of methoxy groups -OCH3 is 1. The van der Waals surface area contributed by atoms with Crippen LogP contribution in [0.3, 0.4) is 0 Å². The second-order valence-corrected chi connectivity index (χ2v) is 4.88. The molecule has 0 fully saturated rings. The van der Waals surface area contributed by atoms with Gasteiger partial charge >= 0.3 is 0 Å². The zero-order valence-corrected chi connectivity index (χ0v) is 12.1. The standard InChI is InChI=1S/C16H18N2O3/c1-12(10-13-6-4-3-5-7-13)17-15-9-8-14(21-2)11-16(15)18(19)20/h3-9,11-12,17H,10H2,1-2H3. The minimum atomic E-state index is -0.403. The van der Waals surface area contributed by atoms with Gasteiger partial charge in [0, 0.05) is 6.04 Å². The lowest BCUT2D eigenvalue weighted by molar-refractivity contribution is -0.384. The number of benzene rings is 2. The second-order valence-electron chi connectivity index (χ2n) is 4.88. The van der Waals surface area contributed by atoms with Crippen molar-refractivity contribution in [3.8, 4) is 5.75 Å². The molecule has 2 aromatic carbocycles. The molecule has 0 aliphatic carbocycles. The number of anilines is 1. The van der Waals surface area contributed by atoms with Crippen LogP contribution in [0.25, 0.3) is 0 Å². The third kappa shape index (κ3) is 3.95. The van der Waals surface area contributed by atoms with E-state index in [0.29, 0.717) is 11.4 Å². The van der Waals surface area contributed by atoms with E-state index >= 15 is 0 Å². The van der Waals surface area contributed by atoms with Crippen LogP contribution in [0.5, 0.6) is 5.75 Å². The van der Waals surface area contributed by atoms with Gasteiger partial charge in [-0.25, -0.2) is 0 Å². The highest BCUT2D eigenvalue weighted by Crippen LogP contribution is 2.29. The maximum Gasteiger partial charge on any atom is 0.296 e. The van der Waals surface area contributed by atoms with Crippen molar-refractivity contribution < 1.29 is 9.66 Å². The maximum absolute atomic E-state index is 11.1. The van der Waals surface area contributed by atoms with E-state index in [1.165, 1.54) is 18.7 Å². The minimum Gasteiger partial charge on any atom is -0.496 e. The van der Waals surface area contributed by atoms with Crippen molar-refractivity contribution in [2.45, 2.75) is 19.4 Å². The first-order valence-corrected chi connectivity index (χ1v) is 6.73. The molecule has 21 heavy (non-hydrogen) atoms. The third-order valence-corrected chi connectivity index (χ3v) is 3.19.